The fourth-order valence-corrected chi connectivity index (χ4v) is 3.54. The number of halogens is 1. The predicted molar refractivity (Wildman–Crippen MR) is 97.0 cm³/mol. The lowest BCUT2D eigenvalue weighted by Crippen LogP contribution is -2.44. The van der Waals surface area contributed by atoms with Crippen LogP contribution in [0, 0.1) is 0 Å². The van der Waals surface area contributed by atoms with Crippen molar-refractivity contribution in [3.8, 4) is 5.75 Å². The first-order chi connectivity index (χ1) is 11.2. The Bertz CT molecular complexity index is 574. The third-order valence-electron chi connectivity index (χ3n) is 4.54. The number of methoxy groups -OCH3 is 1. The van der Waals surface area contributed by atoms with Gasteiger partial charge in [0.25, 0.3) is 0 Å². The number of aliphatic imine (C=N–C) groups is 1. The topological polar surface area (TPSA) is 48.9 Å². The minimum Gasteiger partial charge on any atom is -0.496 e. The van der Waals surface area contributed by atoms with E-state index in [0.717, 1.165) is 34.3 Å². The summed E-state index contributed by atoms with van der Waals surface area (Å²) < 4.78 is 6.47. The van der Waals surface area contributed by atoms with E-state index in [2.05, 4.69) is 42.5 Å². The molecule has 126 valence electrons. The molecule has 1 aromatic carbocycles. The number of rotatable bonds is 5. The van der Waals surface area contributed by atoms with Crippen molar-refractivity contribution in [2.24, 2.45) is 4.99 Å². The summed E-state index contributed by atoms with van der Waals surface area (Å²) in [5, 5.41) is 6.94. The van der Waals surface area contributed by atoms with Gasteiger partial charge in [-0.3, -0.25) is 9.89 Å². The molecule has 0 aromatic heterocycles. The van der Waals surface area contributed by atoms with Crippen molar-refractivity contribution in [2.75, 3.05) is 27.2 Å². The normalized spacial score (nSPS) is 22.2. The van der Waals surface area contributed by atoms with Crippen molar-refractivity contribution in [3.63, 3.8) is 0 Å². The largest absolute Gasteiger partial charge is 0.496 e. The molecule has 2 aliphatic rings. The van der Waals surface area contributed by atoms with Crippen LogP contribution >= 0.6 is 15.9 Å². The summed E-state index contributed by atoms with van der Waals surface area (Å²) >= 11 is 3.51. The molecule has 1 aliphatic heterocycles. The van der Waals surface area contributed by atoms with Gasteiger partial charge in [-0.15, -0.1) is 0 Å². The second kappa shape index (κ2) is 7.53. The van der Waals surface area contributed by atoms with Crippen LogP contribution in [0.25, 0.3) is 0 Å². The van der Waals surface area contributed by atoms with E-state index in [1.807, 2.05) is 19.2 Å². The number of nitrogens with one attached hydrogen (secondary N) is 2. The maximum Gasteiger partial charge on any atom is 0.191 e. The quantitative estimate of drug-likeness (QED) is 0.607. The number of nitrogens with zero attached hydrogens (tertiary/aromatic N) is 2. The summed E-state index contributed by atoms with van der Waals surface area (Å²) in [4.78, 5) is 6.95. The van der Waals surface area contributed by atoms with Crippen molar-refractivity contribution in [2.45, 2.75) is 37.9 Å². The van der Waals surface area contributed by atoms with Crippen molar-refractivity contribution in [1.29, 1.82) is 0 Å². The van der Waals surface area contributed by atoms with E-state index in [1.54, 1.807) is 7.11 Å². The van der Waals surface area contributed by atoms with Gasteiger partial charge in [0.15, 0.2) is 5.96 Å². The van der Waals surface area contributed by atoms with E-state index in [4.69, 9.17) is 4.74 Å². The molecule has 1 aromatic rings. The zero-order valence-electron chi connectivity index (χ0n) is 13.8. The highest BCUT2D eigenvalue weighted by Crippen LogP contribution is 2.29. The van der Waals surface area contributed by atoms with E-state index in [0.29, 0.717) is 12.6 Å². The summed E-state index contributed by atoms with van der Waals surface area (Å²) in [7, 11) is 3.52. The summed E-state index contributed by atoms with van der Waals surface area (Å²) in [6, 6.07) is 7.37. The highest BCUT2D eigenvalue weighted by atomic mass is 79.9. The standard InChI is InChI=1S/C17H25BrN4O/c1-19-17(21-14-7-8-22(11-14)15-4-5-15)20-10-12-9-13(18)3-6-16(12)23-2/h3,6,9,14-15H,4-5,7-8,10-11H2,1-2H3,(H2,19,20,21). The molecule has 2 fully saturated rings. The summed E-state index contributed by atoms with van der Waals surface area (Å²) in [5.74, 6) is 1.74. The van der Waals surface area contributed by atoms with Crippen LogP contribution in [-0.4, -0.2) is 50.2 Å². The second-order valence-electron chi connectivity index (χ2n) is 6.24. The molecular formula is C17H25BrN4O. The van der Waals surface area contributed by atoms with Crippen LogP contribution in [0.2, 0.25) is 0 Å². The fraction of sp³-hybridized carbons (Fsp3) is 0.588. The van der Waals surface area contributed by atoms with Gasteiger partial charge in [-0.25, -0.2) is 0 Å². The average Bonchev–Trinajstić information content (AvgIpc) is 3.31. The monoisotopic (exact) mass is 380 g/mol. The van der Waals surface area contributed by atoms with Crippen LogP contribution in [0.1, 0.15) is 24.8 Å². The number of hydrogen-bond donors (Lipinski definition) is 2. The predicted octanol–water partition coefficient (Wildman–Crippen LogP) is 2.36. The molecule has 0 spiro atoms. The molecule has 1 saturated heterocycles. The minimum absolute atomic E-state index is 0.492. The minimum atomic E-state index is 0.492. The second-order valence-corrected chi connectivity index (χ2v) is 7.15. The number of benzene rings is 1. The van der Waals surface area contributed by atoms with Gasteiger partial charge >= 0.3 is 0 Å². The molecule has 23 heavy (non-hydrogen) atoms. The Morgan fingerprint density at radius 3 is 2.91 bits per heavy atom. The van der Waals surface area contributed by atoms with Gasteiger partial charge in [-0.05, 0) is 37.5 Å². The van der Waals surface area contributed by atoms with Crippen LogP contribution in [0.5, 0.6) is 5.75 Å². The van der Waals surface area contributed by atoms with Crippen molar-refractivity contribution < 1.29 is 4.74 Å². The van der Waals surface area contributed by atoms with Crippen LogP contribution in [0.4, 0.5) is 0 Å². The van der Waals surface area contributed by atoms with Gasteiger partial charge in [-0.1, -0.05) is 15.9 Å². The van der Waals surface area contributed by atoms with Gasteiger partial charge in [-0.2, -0.15) is 0 Å². The van der Waals surface area contributed by atoms with Gasteiger partial charge in [0.1, 0.15) is 5.75 Å². The highest BCUT2D eigenvalue weighted by molar-refractivity contribution is 9.10. The SMILES string of the molecule is CN=C(NCc1cc(Br)ccc1OC)NC1CCN(C2CC2)C1. The average molecular weight is 381 g/mol. The third kappa shape index (κ3) is 4.38. The van der Waals surface area contributed by atoms with Gasteiger partial charge in [0.05, 0.1) is 7.11 Å². The smallest absolute Gasteiger partial charge is 0.191 e. The molecule has 6 heteroatoms. The zero-order valence-corrected chi connectivity index (χ0v) is 15.4. The van der Waals surface area contributed by atoms with E-state index in [-0.39, 0.29) is 0 Å². The lowest BCUT2D eigenvalue weighted by Gasteiger charge is -2.19. The molecule has 1 atom stereocenters. The van der Waals surface area contributed by atoms with E-state index in [9.17, 15) is 0 Å². The Balaban J connectivity index is 1.53. The lowest BCUT2D eigenvalue weighted by atomic mass is 10.2. The van der Waals surface area contributed by atoms with Crippen LogP contribution < -0.4 is 15.4 Å². The van der Waals surface area contributed by atoms with Crippen LogP contribution in [-0.2, 0) is 6.54 Å². The van der Waals surface area contributed by atoms with Crippen LogP contribution in [0.3, 0.4) is 0 Å². The first-order valence-electron chi connectivity index (χ1n) is 8.23. The molecule has 0 radical (unpaired) electrons. The van der Waals surface area contributed by atoms with Crippen LogP contribution in [0.15, 0.2) is 27.7 Å². The molecule has 1 saturated carbocycles. The Labute approximate surface area is 146 Å². The molecule has 1 heterocycles. The van der Waals surface area contributed by atoms with Crippen molar-refractivity contribution >= 4 is 21.9 Å². The van der Waals surface area contributed by atoms with Crippen molar-refractivity contribution in [1.82, 2.24) is 15.5 Å². The Morgan fingerprint density at radius 1 is 1.39 bits per heavy atom. The first-order valence-corrected chi connectivity index (χ1v) is 9.02. The summed E-state index contributed by atoms with van der Waals surface area (Å²) in [6.07, 6.45) is 3.95. The third-order valence-corrected chi connectivity index (χ3v) is 5.03. The molecular weight excluding hydrogens is 356 g/mol. The number of ether oxygens (including phenoxy) is 1. The molecule has 0 bridgehead atoms. The van der Waals surface area contributed by atoms with Gasteiger partial charge < -0.3 is 15.4 Å². The Morgan fingerprint density at radius 2 is 2.22 bits per heavy atom. The number of guanidine groups is 1. The van der Waals surface area contributed by atoms with Gasteiger partial charge in [0, 0.05) is 48.8 Å². The Kier molecular flexibility index (Phi) is 5.43. The first kappa shape index (κ1) is 16.6. The number of likely N-dealkylation sites (tertiary alicyclic amines) is 1. The molecule has 2 N–H and O–H groups in total. The Hall–Kier alpha value is -1.27. The molecule has 1 aliphatic carbocycles. The summed E-state index contributed by atoms with van der Waals surface area (Å²) in [6.45, 7) is 3.02. The van der Waals surface area contributed by atoms with Crippen molar-refractivity contribution in [3.05, 3.63) is 28.2 Å². The fourth-order valence-electron chi connectivity index (χ4n) is 3.13. The maximum absolute atomic E-state index is 5.42. The molecule has 1 unspecified atom stereocenters. The molecule has 5 nitrogen and oxygen atoms in total. The lowest BCUT2D eigenvalue weighted by molar-refractivity contribution is 0.321. The van der Waals surface area contributed by atoms with Gasteiger partial charge in [0.2, 0.25) is 0 Å². The maximum atomic E-state index is 5.42. The van der Waals surface area contributed by atoms with E-state index >= 15 is 0 Å². The molecule has 3 rings (SSSR count). The van der Waals surface area contributed by atoms with E-state index < -0.39 is 0 Å². The highest BCUT2D eigenvalue weighted by Gasteiger charge is 2.34. The molecule has 0 amide bonds. The number of hydrogen-bond acceptors (Lipinski definition) is 3. The van der Waals surface area contributed by atoms with E-state index in [1.165, 1.54) is 25.8 Å². The zero-order chi connectivity index (χ0) is 16.2. The summed E-state index contributed by atoms with van der Waals surface area (Å²) in [5.41, 5.74) is 1.11.